The summed E-state index contributed by atoms with van der Waals surface area (Å²) in [6.07, 6.45) is 14.3. The van der Waals surface area contributed by atoms with Crippen LogP contribution in [0.15, 0.2) is 129 Å². The number of hydrogen-bond acceptors (Lipinski definition) is 12. The number of pyridine rings is 5. The smallest absolute Gasteiger partial charge is 0.309 e. The first-order valence-electron chi connectivity index (χ1n) is 21.2. The lowest BCUT2D eigenvalue weighted by Gasteiger charge is -2.00. The number of aliphatic hydroxyl groups is 1. The van der Waals surface area contributed by atoms with E-state index in [1.54, 1.807) is 30.9 Å². The monoisotopic (exact) mass is 865 g/mol. The lowest BCUT2D eigenvalue weighted by atomic mass is 10.2. The van der Waals surface area contributed by atoms with Crippen LogP contribution in [0.5, 0.6) is 0 Å². The molecule has 0 saturated heterocycles. The Hall–Kier alpha value is -6.28. The molecule has 0 aliphatic heterocycles. The second-order valence-corrected chi connectivity index (χ2v) is 14.9. The molecule has 0 spiro atoms. The van der Waals surface area contributed by atoms with Crippen LogP contribution in [0, 0.1) is 23.7 Å². The lowest BCUT2D eigenvalue weighted by molar-refractivity contribution is -0.145. The average Bonchev–Trinajstić information content (AvgIpc) is 4.15. The summed E-state index contributed by atoms with van der Waals surface area (Å²) >= 11 is 0. The van der Waals surface area contributed by atoms with Gasteiger partial charge < -0.3 is 19.3 Å². The summed E-state index contributed by atoms with van der Waals surface area (Å²) < 4.78 is 30.9. The molecule has 1 N–H and O–H groups in total. The van der Waals surface area contributed by atoms with Gasteiger partial charge in [0, 0.05) is 93.2 Å². The van der Waals surface area contributed by atoms with Crippen molar-refractivity contribution < 1.29 is 42.8 Å². The number of carbonyl (C=O) groups excluding carboxylic acids is 3. The standard InChI is InChI=1S/3C11H13NO2.C9H11NO.C7H7N.F2/c3*1-2-14-11(13)9-7-8(9)10-5-3-4-6-12-10;11-6-7-5-8(7)9-3-1-2-4-10-9;1-2-7-5-3-4-6-8-7;1-2/h3*3-6,8-9H,2,7H2,1H3;1-4,7-8,11H,5-6H2;2-6H,1H2;/t8-,9+;2*8-,9-;7-,8+;;/m1001../s1. The molecule has 5 aromatic heterocycles. The van der Waals surface area contributed by atoms with Gasteiger partial charge in [0.2, 0.25) is 0 Å². The molecule has 63 heavy (non-hydrogen) atoms. The number of esters is 3. The highest BCUT2D eigenvalue weighted by Gasteiger charge is 2.47. The minimum atomic E-state index is -0.0804. The van der Waals surface area contributed by atoms with Crippen molar-refractivity contribution in [3.8, 4) is 0 Å². The van der Waals surface area contributed by atoms with Gasteiger partial charge in [-0.1, -0.05) is 36.9 Å². The molecule has 4 fully saturated rings. The second kappa shape index (κ2) is 26.9. The Kier molecular flexibility index (Phi) is 21.1. The maximum Gasteiger partial charge on any atom is 0.309 e. The molecule has 5 heterocycles. The van der Waals surface area contributed by atoms with Crippen LogP contribution in [-0.4, -0.2) is 74.4 Å². The van der Waals surface area contributed by atoms with E-state index in [9.17, 15) is 14.4 Å². The molecule has 4 saturated carbocycles. The molecule has 0 amide bonds. The molecule has 4 aliphatic carbocycles. The first kappa shape index (κ1) is 49.4. The van der Waals surface area contributed by atoms with Gasteiger partial charge in [-0.15, -0.1) is 0 Å². The van der Waals surface area contributed by atoms with Crippen LogP contribution in [0.3, 0.4) is 0 Å². The van der Waals surface area contributed by atoms with Crippen LogP contribution in [0.4, 0.5) is 9.15 Å². The van der Waals surface area contributed by atoms with Crippen molar-refractivity contribution in [1.29, 1.82) is 0 Å². The molecule has 12 nitrogen and oxygen atoms in total. The summed E-state index contributed by atoms with van der Waals surface area (Å²) in [4.78, 5) is 54.9. The Bertz CT molecular complexity index is 1910. The van der Waals surface area contributed by atoms with Gasteiger partial charge in [-0.3, -0.25) is 39.3 Å². The highest BCUT2D eigenvalue weighted by atomic mass is 20.0. The summed E-state index contributed by atoms with van der Waals surface area (Å²) in [6.45, 7) is 10.8. The van der Waals surface area contributed by atoms with E-state index in [1.165, 1.54) is 0 Å². The van der Waals surface area contributed by atoms with Crippen molar-refractivity contribution in [3.63, 3.8) is 0 Å². The summed E-state index contributed by atoms with van der Waals surface area (Å²) in [5.74, 6) is 1.76. The van der Waals surface area contributed by atoms with Crippen LogP contribution in [0.2, 0.25) is 0 Å². The predicted molar refractivity (Wildman–Crippen MR) is 234 cm³/mol. The van der Waals surface area contributed by atoms with Crippen molar-refractivity contribution in [2.45, 2.75) is 70.1 Å². The SMILES string of the molecule is C=Cc1ccccn1.CCOC(=O)[C@H]1C[C@@H]1c1ccccn1.CCOC(=O)[C@H]1C[C@@H]1c1ccccn1.CCOC(=O)[C@H]1C[C@H]1c1ccccn1.FF.OC[C@H]1C[C@@H]1c1ccccn1. The highest BCUT2D eigenvalue weighted by Crippen LogP contribution is 2.49. The molecular weight excluding hydrogens is 809 g/mol. The van der Waals surface area contributed by atoms with Crippen LogP contribution in [-0.2, 0) is 28.6 Å². The summed E-state index contributed by atoms with van der Waals surface area (Å²) in [5.41, 5.74) is 5.07. The minimum Gasteiger partial charge on any atom is -0.466 e. The maximum atomic E-state index is 11.3. The largest absolute Gasteiger partial charge is 0.466 e. The second-order valence-electron chi connectivity index (χ2n) is 14.9. The number of aromatic nitrogens is 5. The number of aliphatic hydroxyl groups excluding tert-OH is 1. The van der Waals surface area contributed by atoms with Gasteiger partial charge in [0.25, 0.3) is 0 Å². The van der Waals surface area contributed by atoms with Crippen molar-refractivity contribution >= 4 is 24.0 Å². The highest BCUT2D eigenvalue weighted by molar-refractivity contribution is 5.78. The summed E-state index contributed by atoms with van der Waals surface area (Å²) in [6, 6.07) is 29.0. The van der Waals surface area contributed by atoms with E-state index in [2.05, 4.69) is 31.5 Å². The summed E-state index contributed by atoms with van der Waals surface area (Å²) in [5, 5.41) is 8.81. The average molecular weight is 866 g/mol. The molecule has 0 aromatic carbocycles. The number of nitrogens with zero attached hydrogens (tertiary/aromatic N) is 5. The van der Waals surface area contributed by atoms with Gasteiger partial charge in [-0.2, -0.15) is 0 Å². The molecule has 0 radical (unpaired) electrons. The molecule has 334 valence electrons. The van der Waals surface area contributed by atoms with Gasteiger partial charge in [-0.25, -0.2) is 0 Å². The zero-order chi connectivity index (χ0) is 45.4. The molecule has 4 aliphatic rings. The number of hydrogen-bond donors (Lipinski definition) is 1. The van der Waals surface area contributed by atoms with Crippen molar-refractivity contribution in [2.24, 2.45) is 23.7 Å². The Labute approximate surface area is 368 Å². The quantitative estimate of drug-likeness (QED) is 0.0937. The number of ether oxygens (including phenoxy) is 3. The normalized spacial score (nSPS) is 22.4. The van der Waals surface area contributed by atoms with Gasteiger partial charge in [0.05, 0.1) is 43.3 Å². The minimum absolute atomic E-state index is 0.0462. The van der Waals surface area contributed by atoms with Crippen molar-refractivity contribution in [2.75, 3.05) is 26.4 Å². The molecule has 0 unspecified atom stereocenters. The first-order chi connectivity index (χ1) is 30.8. The third-order valence-electron chi connectivity index (χ3n) is 10.5. The van der Waals surface area contributed by atoms with Crippen molar-refractivity contribution in [3.05, 3.63) is 157 Å². The first-order valence-corrected chi connectivity index (χ1v) is 21.2. The topological polar surface area (TPSA) is 164 Å². The molecule has 5 aromatic rings. The lowest BCUT2D eigenvalue weighted by Crippen LogP contribution is -2.07. The third kappa shape index (κ3) is 16.5. The maximum absolute atomic E-state index is 11.3. The molecule has 0 bridgehead atoms. The Morgan fingerprint density at radius 2 is 0.857 bits per heavy atom. The van der Waals surface area contributed by atoms with Gasteiger partial charge in [0.15, 0.2) is 0 Å². The van der Waals surface area contributed by atoms with E-state index < -0.39 is 0 Å². The van der Waals surface area contributed by atoms with E-state index in [0.29, 0.717) is 38.3 Å². The molecule has 8 atom stereocenters. The van der Waals surface area contributed by atoms with E-state index in [1.807, 2.05) is 118 Å². The van der Waals surface area contributed by atoms with E-state index in [4.69, 9.17) is 28.5 Å². The fourth-order valence-electron chi connectivity index (χ4n) is 6.78. The third-order valence-corrected chi connectivity index (χ3v) is 10.5. The number of rotatable bonds is 12. The zero-order valence-corrected chi connectivity index (χ0v) is 36.0. The fourth-order valence-corrected chi connectivity index (χ4v) is 6.78. The Morgan fingerprint density at radius 1 is 0.540 bits per heavy atom. The molecular formula is C49H57F2N5O7. The summed E-state index contributed by atoms with van der Waals surface area (Å²) in [7, 11) is 0. The van der Waals surface area contributed by atoms with Crippen LogP contribution < -0.4 is 0 Å². The van der Waals surface area contributed by atoms with Gasteiger partial charge >= 0.3 is 17.9 Å². The van der Waals surface area contributed by atoms with Crippen molar-refractivity contribution in [1.82, 2.24) is 24.9 Å². The van der Waals surface area contributed by atoms with E-state index in [-0.39, 0.29) is 53.4 Å². The van der Waals surface area contributed by atoms with Crippen LogP contribution >= 0.6 is 0 Å². The Balaban J connectivity index is 0.000000173. The van der Waals surface area contributed by atoms with Gasteiger partial charge in [0.1, 0.15) is 0 Å². The number of carbonyl (C=O) groups is 3. The molecule has 14 heteroatoms. The van der Waals surface area contributed by atoms with E-state index in [0.717, 1.165) is 54.2 Å². The molecule has 9 rings (SSSR count). The predicted octanol–water partition coefficient (Wildman–Crippen LogP) is 8.99. The Morgan fingerprint density at radius 3 is 1.08 bits per heavy atom. The zero-order valence-electron chi connectivity index (χ0n) is 36.0. The number of halogens is 2. The van der Waals surface area contributed by atoms with Crippen LogP contribution in [0.1, 0.15) is 98.6 Å². The fraction of sp³-hybridized carbons (Fsp3) is 0.388. The van der Waals surface area contributed by atoms with E-state index >= 15 is 0 Å². The van der Waals surface area contributed by atoms with Gasteiger partial charge in [-0.05, 0) is 119 Å². The van der Waals surface area contributed by atoms with Crippen LogP contribution in [0.25, 0.3) is 6.08 Å².